The molecule has 4 heteroatoms. The molecule has 0 aliphatic rings. The lowest BCUT2D eigenvalue weighted by atomic mass is 10.0. The van der Waals surface area contributed by atoms with E-state index in [9.17, 15) is 15.0 Å². The van der Waals surface area contributed by atoms with Crippen LogP contribution in [0.2, 0.25) is 0 Å². The third-order valence-corrected chi connectivity index (χ3v) is 2.04. The van der Waals surface area contributed by atoms with Crippen LogP contribution < -0.4 is 5.73 Å². The Bertz CT molecular complexity index is 361. The van der Waals surface area contributed by atoms with Gasteiger partial charge in [-0.1, -0.05) is 6.92 Å². The van der Waals surface area contributed by atoms with Gasteiger partial charge in [0.2, 0.25) is 0 Å². The van der Waals surface area contributed by atoms with Gasteiger partial charge in [-0.25, -0.2) is 0 Å². The second-order valence-electron chi connectivity index (χ2n) is 2.98. The number of hydrogen-bond donors (Lipinski definition) is 3. The van der Waals surface area contributed by atoms with Crippen LogP contribution in [0.25, 0.3) is 0 Å². The number of phenols is 2. The number of Topliss-reactive ketones (excluding diaryl/α,β-unsaturated/α-hetero) is 1. The topological polar surface area (TPSA) is 83.5 Å². The average molecular weight is 195 g/mol. The zero-order valence-electron chi connectivity index (χ0n) is 7.95. The molecule has 1 rings (SSSR count). The molecule has 1 aromatic rings. The molecule has 0 fully saturated rings. The third-order valence-electron chi connectivity index (χ3n) is 2.04. The van der Waals surface area contributed by atoms with Gasteiger partial charge >= 0.3 is 0 Å². The van der Waals surface area contributed by atoms with Crippen molar-refractivity contribution in [2.45, 2.75) is 19.9 Å². The van der Waals surface area contributed by atoms with Gasteiger partial charge in [0.1, 0.15) is 11.5 Å². The lowest BCUT2D eigenvalue weighted by Crippen LogP contribution is -2.01. The Balaban J connectivity index is 3.21. The normalized spacial score (nSPS) is 10.1. The van der Waals surface area contributed by atoms with Crippen molar-refractivity contribution in [3.05, 3.63) is 23.3 Å². The van der Waals surface area contributed by atoms with Crippen molar-refractivity contribution in [1.29, 1.82) is 0 Å². The van der Waals surface area contributed by atoms with Crippen molar-refractivity contribution in [3.63, 3.8) is 0 Å². The minimum atomic E-state index is -0.207. The average Bonchev–Trinajstić information content (AvgIpc) is 2.19. The molecule has 0 saturated carbocycles. The first-order chi connectivity index (χ1) is 6.60. The van der Waals surface area contributed by atoms with Crippen molar-refractivity contribution >= 4 is 5.78 Å². The fraction of sp³-hybridized carbons (Fsp3) is 0.300. The van der Waals surface area contributed by atoms with Crippen LogP contribution in [0.5, 0.6) is 11.5 Å². The van der Waals surface area contributed by atoms with Gasteiger partial charge in [0, 0.05) is 18.5 Å². The van der Waals surface area contributed by atoms with E-state index in [1.165, 1.54) is 12.1 Å². The summed E-state index contributed by atoms with van der Waals surface area (Å²) in [4.78, 5) is 11.3. The van der Waals surface area contributed by atoms with E-state index < -0.39 is 0 Å². The van der Waals surface area contributed by atoms with Crippen LogP contribution in [-0.2, 0) is 6.54 Å². The van der Waals surface area contributed by atoms with Gasteiger partial charge in [-0.15, -0.1) is 0 Å². The highest BCUT2D eigenvalue weighted by Gasteiger charge is 2.12. The van der Waals surface area contributed by atoms with E-state index in [-0.39, 0.29) is 35.8 Å². The predicted molar refractivity (Wildman–Crippen MR) is 52.3 cm³/mol. The van der Waals surface area contributed by atoms with E-state index >= 15 is 0 Å². The number of benzene rings is 1. The molecule has 0 atom stereocenters. The largest absolute Gasteiger partial charge is 0.508 e. The first kappa shape index (κ1) is 10.5. The molecule has 0 aliphatic heterocycles. The van der Waals surface area contributed by atoms with Gasteiger partial charge in [-0.2, -0.15) is 0 Å². The van der Waals surface area contributed by atoms with Crippen LogP contribution in [0, 0.1) is 0 Å². The molecule has 0 spiro atoms. The van der Waals surface area contributed by atoms with Crippen molar-refractivity contribution < 1.29 is 15.0 Å². The van der Waals surface area contributed by atoms with E-state index in [4.69, 9.17) is 5.73 Å². The Morgan fingerprint density at radius 1 is 1.36 bits per heavy atom. The molecule has 76 valence electrons. The fourth-order valence-corrected chi connectivity index (χ4v) is 1.20. The molecule has 4 N–H and O–H groups in total. The molecule has 0 unspecified atom stereocenters. The van der Waals surface area contributed by atoms with Crippen molar-refractivity contribution in [1.82, 2.24) is 0 Å². The van der Waals surface area contributed by atoms with Crippen LogP contribution in [0.4, 0.5) is 0 Å². The molecule has 0 aromatic heterocycles. The monoisotopic (exact) mass is 195 g/mol. The van der Waals surface area contributed by atoms with Gasteiger partial charge in [-0.3, -0.25) is 4.79 Å². The molecule has 0 radical (unpaired) electrons. The minimum absolute atomic E-state index is 0.0536. The van der Waals surface area contributed by atoms with Crippen LogP contribution in [0.15, 0.2) is 12.1 Å². The maximum absolute atomic E-state index is 11.3. The van der Waals surface area contributed by atoms with E-state index in [0.29, 0.717) is 5.56 Å². The molecule has 0 amide bonds. The van der Waals surface area contributed by atoms with E-state index in [1.807, 2.05) is 0 Å². The summed E-state index contributed by atoms with van der Waals surface area (Å²) in [6, 6.07) is 2.57. The highest BCUT2D eigenvalue weighted by molar-refractivity contribution is 5.98. The molecular weight excluding hydrogens is 182 g/mol. The quantitative estimate of drug-likeness (QED) is 0.499. The Morgan fingerprint density at radius 2 is 2.00 bits per heavy atom. The van der Waals surface area contributed by atoms with E-state index in [0.717, 1.165) is 0 Å². The molecule has 0 saturated heterocycles. The number of carbonyl (C=O) groups is 1. The van der Waals surface area contributed by atoms with Crippen molar-refractivity contribution in [2.75, 3.05) is 0 Å². The number of aromatic hydroxyl groups is 2. The maximum Gasteiger partial charge on any atom is 0.166 e. The summed E-state index contributed by atoms with van der Waals surface area (Å²) in [6.07, 6.45) is 0.287. The first-order valence-corrected chi connectivity index (χ1v) is 4.38. The van der Waals surface area contributed by atoms with E-state index in [1.54, 1.807) is 6.92 Å². The van der Waals surface area contributed by atoms with Crippen molar-refractivity contribution in [2.24, 2.45) is 5.73 Å². The number of nitrogens with two attached hydrogens (primary N) is 1. The Hall–Kier alpha value is -1.55. The summed E-state index contributed by atoms with van der Waals surface area (Å²) in [5, 5.41) is 18.9. The summed E-state index contributed by atoms with van der Waals surface area (Å²) in [7, 11) is 0. The molecule has 0 aliphatic carbocycles. The second kappa shape index (κ2) is 4.11. The van der Waals surface area contributed by atoms with E-state index in [2.05, 4.69) is 0 Å². The number of carbonyl (C=O) groups excluding carboxylic acids is 1. The van der Waals surface area contributed by atoms with Crippen LogP contribution in [0.1, 0.15) is 29.3 Å². The summed E-state index contributed by atoms with van der Waals surface area (Å²) < 4.78 is 0. The molecule has 1 aromatic carbocycles. The van der Waals surface area contributed by atoms with Crippen molar-refractivity contribution in [3.8, 4) is 11.5 Å². The maximum atomic E-state index is 11.3. The first-order valence-electron chi connectivity index (χ1n) is 4.38. The summed E-state index contributed by atoms with van der Waals surface area (Å²) >= 11 is 0. The van der Waals surface area contributed by atoms with Crippen LogP contribution >= 0.6 is 0 Å². The predicted octanol–water partition coefficient (Wildman–Crippen LogP) is 1.15. The van der Waals surface area contributed by atoms with Gasteiger partial charge in [0.25, 0.3) is 0 Å². The van der Waals surface area contributed by atoms with Gasteiger partial charge in [0.15, 0.2) is 5.78 Å². The van der Waals surface area contributed by atoms with Gasteiger partial charge in [0.05, 0.1) is 5.56 Å². The van der Waals surface area contributed by atoms with Gasteiger partial charge in [-0.05, 0) is 12.1 Å². The Kier molecular flexibility index (Phi) is 3.09. The molecule has 4 nitrogen and oxygen atoms in total. The van der Waals surface area contributed by atoms with Gasteiger partial charge < -0.3 is 15.9 Å². The Labute approximate surface area is 82.0 Å². The molecule has 14 heavy (non-hydrogen) atoms. The number of hydrogen-bond acceptors (Lipinski definition) is 4. The number of phenolic OH excluding ortho intramolecular Hbond substituents is 2. The molecule has 0 bridgehead atoms. The highest BCUT2D eigenvalue weighted by Crippen LogP contribution is 2.27. The highest BCUT2D eigenvalue weighted by atomic mass is 16.3. The molecular formula is C10H13NO3. The number of rotatable bonds is 3. The lowest BCUT2D eigenvalue weighted by molar-refractivity contribution is 0.0985. The summed E-state index contributed by atoms with van der Waals surface area (Å²) in [6.45, 7) is 1.82. The Morgan fingerprint density at radius 3 is 2.50 bits per heavy atom. The van der Waals surface area contributed by atoms with Crippen LogP contribution in [-0.4, -0.2) is 16.0 Å². The molecule has 0 heterocycles. The number of ketones is 1. The smallest absolute Gasteiger partial charge is 0.166 e. The lowest BCUT2D eigenvalue weighted by Gasteiger charge is -2.06. The second-order valence-corrected chi connectivity index (χ2v) is 2.98. The minimum Gasteiger partial charge on any atom is -0.508 e. The zero-order chi connectivity index (χ0) is 10.7. The fourth-order valence-electron chi connectivity index (χ4n) is 1.20. The zero-order valence-corrected chi connectivity index (χ0v) is 7.95. The summed E-state index contributed by atoms with van der Waals surface area (Å²) in [5.74, 6) is -0.390. The summed E-state index contributed by atoms with van der Waals surface area (Å²) in [5.41, 5.74) is 5.89. The standard InChI is InChI=1S/C10H13NO3/c1-2-8(12)7-4-9(13)6(5-11)3-10(7)14/h3-4,13-14H,2,5,11H2,1H3. The van der Waals surface area contributed by atoms with Crippen LogP contribution in [0.3, 0.4) is 0 Å². The third kappa shape index (κ3) is 1.85. The SMILES string of the molecule is CCC(=O)c1cc(O)c(CN)cc1O.